The smallest absolute Gasteiger partial charge is 0.217 e. The van der Waals surface area contributed by atoms with Crippen LogP contribution >= 0.6 is 12.6 Å². The number of amides is 1. The SMILES string of the molecule is CC(=O)NC(CS)/C(=N/N)NN. The van der Waals surface area contributed by atoms with E-state index in [0.29, 0.717) is 11.6 Å². The molecule has 0 spiro atoms. The van der Waals surface area contributed by atoms with Crippen molar-refractivity contribution in [3.05, 3.63) is 0 Å². The third-order valence-corrected chi connectivity index (χ3v) is 1.54. The van der Waals surface area contributed by atoms with E-state index < -0.39 is 0 Å². The lowest BCUT2D eigenvalue weighted by molar-refractivity contribution is -0.119. The van der Waals surface area contributed by atoms with Gasteiger partial charge < -0.3 is 16.6 Å². The monoisotopic (exact) mass is 191 g/mol. The van der Waals surface area contributed by atoms with Crippen LogP contribution in [-0.2, 0) is 4.79 Å². The second kappa shape index (κ2) is 5.67. The fourth-order valence-corrected chi connectivity index (χ4v) is 0.938. The summed E-state index contributed by atoms with van der Waals surface area (Å²) >= 11 is 3.99. The summed E-state index contributed by atoms with van der Waals surface area (Å²) in [4.78, 5) is 10.6. The maximum absolute atomic E-state index is 10.6. The molecule has 0 aliphatic heterocycles. The zero-order valence-electron chi connectivity index (χ0n) is 6.74. The van der Waals surface area contributed by atoms with Crippen LogP contribution in [0.2, 0.25) is 0 Å². The average molecular weight is 191 g/mol. The predicted molar refractivity (Wildman–Crippen MR) is 50.4 cm³/mol. The first kappa shape index (κ1) is 11.1. The van der Waals surface area contributed by atoms with Gasteiger partial charge in [-0.25, -0.2) is 5.84 Å². The number of carbonyl (C=O) groups excluding carboxylic acids is 1. The summed E-state index contributed by atoms with van der Waals surface area (Å²) < 4.78 is 0. The van der Waals surface area contributed by atoms with E-state index in [4.69, 9.17) is 11.7 Å². The van der Waals surface area contributed by atoms with Crippen LogP contribution in [0.4, 0.5) is 0 Å². The number of nitrogens with two attached hydrogens (primary N) is 2. The van der Waals surface area contributed by atoms with Gasteiger partial charge in [-0.1, -0.05) is 0 Å². The molecule has 0 heterocycles. The van der Waals surface area contributed by atoms with Crippen molar-refractivity contribution in [2.45, 2.75) is 13.0 Å². The Labute approximate surface area is 76.1 Å². The van der Waals surface area contributed by atoms with Gasteiger partial charge in [0.25, 0.3) is 0 Å². The first-order valence-corrected chi connectivity index (χ1v) is 3.91. The second-order valence-electron chi connectivity index (χ2n) is 2.09. The van der Waals surface area contributed by atoms with Crippen molar-refractivity contribution < 1.29 is 4.79 Å². The minimum absolute atomic E-state index is 0.189. The van der Waals surface area contributed by atoms with Crippen molar-refractivity contribution in [2.24, 2.45) is 16.8 Å². The Balaban J connectivity index is 4.22. The summed E-state index contributed by atoms with van der Waals surface area (Å²) in [5.41, 5.74) is 2.27. The number of amidine groups is 1. The highest BCUT2D eigenvalue weighted by Gasteiger charge is 2.13. The van der Waals surface area contributed by atoms with Gasteiger partial charge in [-0.05, 0) is 0 Å². The Morgan fingerprint density at radius 2 is 2.33 bits per heavy atom. The van der Waals surface area contributed by atoms with E-state index in [0.717, 1.165) is 0 Å². The summed E-state index contributed by atoms with van der Waals surface area (Å²) in [5.74, 6) is 10.6. The normalized spacial score (nSPS) is 13.8. The van der Waals surface area contributed by atoms with Gasteiger partial charge in [0.1, 0.15) is 0 Å². The van der Waals surface area contributed by atoms with Crippen LogP contribution in [0.15, 0.2) is 5.10 Å². The van der Waals surface area contributed by atoms with Crippen LogP contribution in [0.1, 0.15) is 6.92 Å². The van der Waals surface area contributed by atoms with Gasteiger partial charge in [-0.3, -0.25) is 4.79 Å². The number of nitrogens with one attached hydrogen (secondary N) is 2. The van der Waals surface area contributed by atoms with Gasteiger partial charge in [-0.2, -0.15) is 17.7 Å². The zero-order valence-corrected chi connectivity index (χ0v) is 7.64. The van der Waals surface area contributed by atoms with E-state index in [-0.39, 0.29) is 11.9 Å². The van der Waals surface area contributed by atoms with Crippen LogP contribution in [0.3, 0.4) is 0 Å². The summed E-state index contributed by atoms with van der Waals surface area (Å²) in [6, 6.07) is -0.374. The van der Waals surface area contributed by atoms with Crippen LogP contribution in [0.5, 0.6) is 0 Å². The third-order valence-electron chi connectivity index (χ3n) is 1.18. The fraction of sp³-hybridized carbons (Fsp3) is 0.600. The van der Waals surface area contributed by atoms with Crippen molar-refractivity contribution in [1.29, 1.82) is 0 Å². The van der Waals surface area contributed by atoms with E-state index in [1.807, 2.05) is 0 Å². The lowest BCUT2D eigenvalue weighted by Gasteiger charge is -2.15. The maximum atomic E-state index is 10.6. The highest BCUT2D eigenvalue weighted by atomic mass is 32.1. The largest absolute Gasteiger partial charge is 0.345 e. The zero-order chi connectivity index (χ0) is 9.56. The molecule has 0 fully saturated rings. The lowest BCUT2D eigenvalue weighted by Crippen LogP contribution is -2.50. The predicted octanol–water partition coefficient (Wildman–Crippen LogP) is -1.84. The number of hydrazine groups is 1. The first-order chi connectivity index (χ1) is 5.65. The molecular weight excluding hydrogens is 178 g/mol. The molecule has 0 aliphatic rings. The molecule has 0 radical (unpaired) electrons. The maximum Gasteiger partial charge on any atom is 0.217 e. The minimum Gasteiger partial charge on any atom is -0.345 e. The Kier molecular flexibility index (Phi) is 5.22. The van der Waals surface area contributed by atoms with Crippen LogP contribution in [0, 0.1) is 0 Å². The Hall–Kier alpha value is -0.950. The third kappa shape index (κ3) is 3.44. The van der Waals surface area contributed by atoms with Crippen molar-refractivity contribution in [2.75, 3.05) is 5.75 Å². The summed E-state index contributed by atoms with van der Waals surface area (Å²) in [6.45, 7) is 1.39. The van der Waals surface area contributed by atoms with Gasteiger partial charge in [0.05, 0.1) is 6.04 Å². The topological polar surface area (TPSA) is 106 Å². The molecule has 0 aromatic heterocycles. The van der Waals surface area contributed by atoms with Gasteiger partial charge in [0.2, 0.25) is 5.91 Å². The molecule has 1 unspecified atom stereocenters. The van der Waals surface area contributed by atoms with Crippen LogP contribution < -0.4 is 22.4 Å². The fourth-order valence-electron chi connectivity index (χ4n) is 0.674. The van der Waals surface area contributed by atoms with Gasteiger partial charge >= 0.3 is 0 Å². The van der Waals surface area contributed by atoms with E-state index in [1.165, 1.54) is 6.92 Å². The molecule has 0 rings (SSSR count). The molecule has 12 heavy (non-hydrogen) atoms. The van der Waals surface area contributed by atoms with Gasteiger partial charge in [0.15, 0.2) is 5.84 Å². The number of carbonyl (C=O) groups is 1. The molecule has 0 saturated heterocycles. The van der Waals surface area contributed by atoms with Crippen molar-refractivity contribution >= 4 is 24.4 Å². The Bertz CT molecular complexity index is 183. The summed E-state index contributed by atoms with van der Waals surface area (Å²) in [6.07, 6.45) is 0. The number of nitrogens with zero attached hydrogens (tertiary/aromatic N) is 1. The van der Waals surface area contributed by atoms with E-state index in [1.54, 1.807) is 0 Å². The Morgan fingerprint density at radius 1 is 1.75 bits per heavy atom. The van der Waals surface area contributed by atoms with Crippen LogP contribution in [0.25, 0.3) is 0 Å². The van der Waals surface area contributed by atoms with Gasteiger partial charge in [-0.15, -0.1) is 0 Å². The van der Waals surface area contributed by atoms with Crippen molar-refractivity contribution in [3.8, 4) is 0 Å². The number of hydrazone groups is 1. The van der Waals surface area contributed by atoms with E-state index >= 15 is 0 Å². The van der Waals surface area contributed by atoms with Crippen molar-refractivity contribution in [1.82, 2.24) is 10.7 Å². The molecule has 0 aliphatic carbocycles. The molecule has 1 amide bonds. The number of hydrogen-bond acceptors (Lipinski definition) is 5. The van der Waals surface area contributed by atoms with Gasteiger partial charge in [0, 0.05) is 12.7 Å². The lowest BCUT2D eigenvalue weighted by atomic mass is 10.3. The molecule has 7 heteroatoms. The summed E-state index contributed by atoms with van der Waals surface area (Å²) in [7, 11) is 0. The molecule has 0 bridgehead atoms. The highest BCUT2D eigenvalue weighted by Crippen LogP contribution is 1.88. The second-order valence-corrected chi connectivity index (χ2v) is 2.46. The van der Waals surface area contributed by atoms with Crippen LogP contribution in [-0.4, -0.2) is 23.5 Å². The summed E-state index contributed by atoms with van der Waals surface area (Å²) in [5, 5.41) is 5.91. The molecule has 70 valence electrons. The standard InChI is InChI=1S/C5H13N5OS/c1-3(11)8-4(2-12)5(9-6)10-7/h4,12H,2,6-7H2,1H3,(H,8,11)(H,9,10). The quantitative estimate of drug-likeness (QED) is 0.119. The molecule has 6 N–H and O–H groups in total. The number of thiol groups is 1. The highest BCUT2D eigenvalue weighted by molar-refractivity contribution is 7.80. The minimum atomic E-state index is -0.374. The molecule has 0 saturated carbocycles. The molecule has 0 aromatic rings. The number of rotatable bonds is 3. The Morgan fingerprint density at radius 3 is 2.58 bits per heavy atom. The number of hydrogen-bond donors (Lipinski definition) is 5. The molecular formula is C5H13N5OS. The van der Waals surface area contributed by atoms with Crippen molar-refractivity contribution in [3.63, 3.8) is 0 Å². The average Bonchev–Trinajstić information content (AvgIpc) is 2.04. The first-order valence-electron chi connectivity index (χ1n) is 3.28. The molecule has 6 nitrogen and oxygen atoms in total. The van der Waals surface area contributed by atoms with E-state index in [9.17, 15) is 4.79 Å². The molecule has 0 aromatic carbocycles. The molecule has 1 atom stereocenters. The van der Waals surface area contributed by atoms with E-state index in [2.05, 4.69) is 28.5 Å².